The number of carbonyl (C=O) groups excluding carboxylic acids is 2. The average Bonchev–Trinajstić information content (AvgIpc) is 2.79. The third-order valence-corrected chi connectivity index (χ3v) is 6.05. The Hall–Kier alpha value is -1.52. The normalized spacial score (nSPS) is 42.2. The van der Waals surface area contributed by atoms with E-state index in [1.54, 1.807) is 6.92 Å². The fraction of sp³-hybridized carbons (Fsp3) is 0.778. The fourth-order valence-corrected chi connectivity index (χ4v) is 5.16. The number of ether oxygens (including phenoxy) is 2. The van der Waals surface area contributed by atoms with Crippen LogP contribution in [0.5, 0.6) is 0 Å². The van der Waals surface area contributed by atoms with Crippen LogP contribution in [0.1, 0.15) is 39.5 Å². The van der Waals surface area contributed by atoms with Crippen molar-refractivity contribution in [3.63, 3.8) is 0 Å². The number of fused-ring (bicyclic) bond motifs is 2. The van der Waals surface area contributed by atoms with E-state index in [1.807, 2.05) is 0 Å². The van der Waals surface area contributed by atoms with Gasteiger partial charge in [-0.25, -0.2) is 4.79 Å². The second kappa shape index (κ2) is 6.54. The maximum Gasteiger partial charge on any atom is 0.407 e. The van der Waals surface area contributed by atoms with E-state index in [1.165, 1.54) is 0 Å². The topological polar surface area (TPSA) is 64.6 Å². The number of nitrogens with one attached hydrogen (secondary N) is 1. The van der Waals surface area contributed by atoms with Crippen LogP contribution in [0, 0.1) is 29.6 Å². The Kier molecular flexibility index (Phi) is 4.64. The van der Waals surface area contributed by atoms with Crippen molar-refractivity contribution >= 4 is 12.4 Å². The van der Waals surface area contributed by atoms with Gasteiger partial charge in [0, 0.05) is 23.8 Å². The lowest BCUT2D eigenvalue weighted by atomic mass is 9.57. The molecule has 0 aromatic carbocycles. The molecule has 5 nitrogen and oxygen atoms in total. The van der Waals surface area contributed by atoms with Crippen molar-refractivity contribution in [2.24, 2.45) is 29.6 Å². The summed E-state index contributed by atoms with van der Waals surface area (Å²) in [6, 6.07) is 0.146. The number of allylic oxidation sites excluding steroid dienone is 1. The maximum absolute atomic E-state index is 11.8. The molecule has 0 aromatic rings. The molecule has 1 N–H and O–H groups in total. The highest BCUT2D eigenvalue weighted by atomic mass is 16.5. The first kappa shape index (κ1) is 16.3. The molecule has 2 aliphatic carbocycles. The lowest BCUT2D eigenvalue weighted by molar-refractivity contribution is -0.120. The van der Waals surface area contributed by atoms with Crippen molar-refractivity contribution < 1.29 is 19.1 Å². The molecule has 7 atom stereocenters. The molecule has 0 aromatic heterocycles. The molecule has 23 heavy (non-hydrogen) atoms. The summed E-state index contributed by atoms with van der Waals surface area (Å²) in [6.45, 7) is 8.31. The van der Waals surface area contributed by atoms with Gasteiger partial charge in [0.05, 0.1) is 18.5 Å². The molecule has 0 spiro atoms. The Balaban J connectivity index is 1.70. The second-order valence-corrected chi connectivity index (χ2v) is 7.22. The van der Waals surface area contributed by atoms with E-state index in [-0.39, 0.29) is 36.0 Å². The van der Waals surface area contributed by atoms with Crippen LogP contribution in [0.3, 0.4) is 0 Å². The summed E-state index contributed by atoms with van der Waals surface area (Å²) >= 11 is 0. The highest BCUT2D eigenvalue weighted by molar-refractivity contribution is 5.67. The van der Waals surface area contributed by atoms with Crippen LogP contribution < -0.4 is 5.32 Å². The van der Waals surface area contributed by atoms with Gasteiger partial charge in [0.25, 0.3) is 0 Å². The van der Waals surface area contributed by atoms with Gasteiger partial charge in [0.1, 0.15) is 6.29 Å². The second-order valence-electron chi connectivity index (χ2n) is 7.22. The standard InChI is InChI=1S/C18H27NO4/c1-4-22-18(21)19-13-5-6-14-12(7-13)8-15-10(2)23-11(3)17(15)16(14)9-20/h9,11-17H,2,4-8H2,1,3H3,(H,19,21)/t11-,12+,13-,14-,15+,16+,17-/m1/s1. The first-order chi connectivity index (χ1) is 11.0. The molecule has 0 radical (unpaired) electrons. The van der Waals surface area contributed by atoms with Gasteiger partial charge in [-0.2, -0.15) is 0 Å². The molecular weight excluding hydrogens is 294 g/mol. The summed E-state index contributed by atoms with van der Waals surface area (Å²) in [6.07, 6.45) is 4.72. The molecule has 0 unspecified atom stereocenters. The number of rotatable bonds is 3. The van der Waals surface area contributed by atoms with Crippen LogP contribution in [0.25, 0.3) is 0 Å². The SMILES string of the molecule is C=C1O[C@H](C)[C@H]2[C@@H](C=O)[C@@H]3CC[C@@H](NC(=O)OCC)C[C@H]3C[C@@H]12. The van der Waals surface area contributed by atoms with E-state index in [2.05, 4.69) is 18.8 Å². The van der Waals surface area contributed by atoms with Gasteiger partial charge in [-0.05, 0) is 51.4 Å². The molecule has 5 heteroatoms. The quantitative estimate of drug-likeness (QED) is 0.812. The Morgan fingerprint density at radius 1 is 1.43 bits per heavy atom. The summed E-state index contributed by atoms with van der Waals surface area (Å²) in [5.74, 6) is 2.30. The van der Waals surface area contributed by atoms with Crippen molar-refractivity contribution in [2.45, 2.75) is 51.7 Å². The van der Waals surface area contributed by atoms with E-state index in [4.69, 9.17) is 9.47 Å². The Morgan fingerprint density at radius 2 is 2.22 bits per heavy atom. The Morgan fingerprint density at radius 3 is 2.91 bits per heavy atom. The molecule has 3 aliphatic rings. The van der Waals surface area contributed by atoms with E-state index in [0.717, 1.165) is 37.7 Å². The highest BCUT2D eigenvalue weighted by Crippen LogP contribution is 2.54. The van der Waals surface area contributed by atoms with Gasteiger partial charge >= 0.3 is 6.09 Å². The van der Waals surface area contributed by atoms with Crippen LogP contribution in [0.15, 0.2) is 12.3 Å². The molecule has 3 fully saturated rings. The summed E-state index contributed by atoms with van der Waals surface area (Å²) in [5, 5.41) is 2.96. The van der Waals surface area contributed by atoms with Gasteiger partial charge in [0.15, 0.2) is 0 Å². The summed E-state index contributed by atoms with van der Waals surface area (Å²) in [4.78, 5) is 23.4. The predicted molar refractivity (Wildman–Crippen MR) is 85.6 cm³/mol. The number of hydrogen-bond donors (Lipinski definition) is 1. The van der Waals surface area contributed by atoms with Crippen molar-refractivity contribution in [2.75, 3.05) is 6.61 Å². The number of hydrogen-bond acceptors (Lipinski definition) is 4. The summed E-state index contributed by atoms with van der Waals surface area (Å²) in [5.41, 5.74) is 0. The van der Waals surface area contributed by atoms with Crippen LogP contribution in [-0.2, 0) is 14.3 Å². The number of alkyl carbamates (subject to hydrolysis) is 1. The molecule has 3 rings (SSSR count). The van der Waals surface area contributed by atoms with E-state index >= 15 is 0 Å². The highest BCUT2D eigenvalue weighted by Gasteiger charge is 2.53. The van der Waals surface area contributed by atoms with Gasteiger partial charge in [-0.15, -0.1) is 0 Å². The molecule has 1 heterocycles. The van der Waals surface area contributed by atoms with E-state index in [0.29, 0.717) is 18.4 Å². The van der Waals surface area contributed by atoms with Crippen molar-refractivity contribution in [3.8, 4) is 0 Å². The molecule has 1 amide bonds. The first-order valence-electron chi connectivity index (χ1n) is 8.79. The van der Waals surface area contributed by atoms with Crippen LogP contribution >= 0.6 is 0 Å². The third kappa shape index (κ3) is 2.98. The molecule has 1 saturated heterocycles. The van der Waals surface area contributed by atoms with Gasteiger partial charge in [-0.1, -0.05) is 6.58 Å². The van der Waals surface area contributed by atoms with Crippen LogP contribution in [0.4, 0.5) is 4.79 Å². The third-order valence-electron chi connectivity index (χ3n) is 6.05. The molecular formula is C18H27NO4. The molecule has 0 bridgehead atoms. The zero-order chi connectivity index (χ0) is 16.6. The minimum atomic E-state index is -0.334. The van der Waals surface area contributed by atoms with Crippen molar-refractivity contribution in [1.29, 1.82) is 0 Å². The van der Waals surface area contributed by atoms with E-state index < -0.39 is 0 Å². The first-order valence-corrected chi connectivity index (χ1v) is 8.79. The van der Waals surface area contributed by atoms with Crippen LogP contribution in [0.2, 0.25) is 0 Å². The lowest BCUT2D eigenvalue weighted by Gasteiger charge is -2.47. The number of aldehydes is 1. The Bertz CT molecular complexity index is 491. The number of amides is 1. The van der Waals surface area contributed by atoms with Gasteiger partial charge in [-0.3, -0.25) is 0 Å². The van der Waals surface area contributed by atoms with Gasteiger partial charge in [0.2, 0.25) is 0 Å². The molecule has 1 aliphatic heterocycles. The smallest absolute Gasteiger partial charge is 0.407 e. The van der Waals surface area contributed by atoms with Gasteiger partial charge < -0.3 is 19.6 Å². The predicted octanol–water partition coefficient (Wildman–Crippen LogP) is 2.90. The van der Waals surface area contributed by atoms with Crippen LogP contribution in [-0.4, -0.2) is 31.1 Å². The maximum atomic E-state index is 11.8. The fourth-order valence-electron chi connectivity index (χ4n) is 5.16. The van der Waals surface area contributed by atoms with Crippen molar-refractivity contribution in [1.82, 2.24) is 5.32 Å². The average molecular weight is 321 g/mol. The minimum Gasteiger partial charge on any atom is -0.495 e. The zero-order valence-electron chi connectivity index (χ0n) is 14.0. The van der Waals surface area contributed by atoms with E-state index in [9.17, 15) is 9.59 Å². The van der Waals surface area contributed by atoms with Crippen molar-refractivity contribution in [3.05, 3.63) is 12.3 Å². The Labute approximate surface area is 137 Å². The summed E-state index contributed by atoms with van der Waals surface area (Å²) < 4.78 is 10.8. The minimum absolute atomic E-state index is 0.0524. The lowest BCUT2D eigenvalue weighted by Crippen LogP contribution is -2.48. The molecule has 2 saturated carbocycles. The monoisotopic (exact) mass is 321 g/mol. The molecule has 128 valence electrons. The zero-order valence-corrected chi connectivity index (χ0v) is 14.0. The largest absolute Gasteiger partial charge is 0.495 e. The number of carbonyl (C=O) groups is 2. The summed E-state index contributed by atoms with van der Waals surface area (Å²) in [7, 11) is 0.